The molecule has 0 aliphatic carbocycles. The fraction of sp³-hybridized carbons (Fsp3) is 0.0952. The Morgan fingerprint density at radius 1 is 1.07 bits per heavy atom. The molecule has 0 aliphatic heterocycles. The number of thiazole rings is 1. The quantitative estimate of drug-likeness (QED) is 0.493. The number of ether oxygens (including phenoxy) is 2. The maximum absolute atomic E-state index is 12.6. The van der Waals surface area contributed by atoms with Crippen LogP contribution < -0.4 is 14.8 Å². The van der Waals surface area contributed by atoms with E-state index < -0.39 is 0 Å². The standard InChI is InChI=1S/C21H17N3O3S/c1-2-26-15-9-10-17-18(13-15)28-21(23-17)24-20(25)14-6-5-7-16(12-14)27-19-8-3-4-11-22-19/h3-13H,2H2,1H3,(H,23,24,25). The Hall–Kier alpha value is -3.45. The Bertz CT molecular complexity index is 1110. The molecule has 4 rings (SSSR count). The lowest BCUT2D eigenvalue weighted by atomic mass is 10.2. The molecule has 1 amide bonds. The lowest BCUT2D eigenvalue weighted by Crippen LogP contribution is -2.11. The van der Waals surface area contributed by atoms with E-state index in [4.69, 9.17) is 9.47 Å². The van der Waals surface area contributed by atoms with Crippen LogP contribution in [-0.4, -0.2) is 22.5 Å². The first-order valence-corrected chi connectivity index (χ1v) is 9.56. The van der Waals surface area contributed by atoms with Gasteiger partial charge in [-0.05, 0) is 49.4 Å². The molecular weight excluding hydrogens is 374 g/mol. The smallest absolute Gasteiger partial charge is 0.257 e. The summed E-state index contributed by atoms with van der Waals surface area (Å²) in [4.78, 5) is 21.2. The molecule has 0 saturated carbocycles. The maximum atomic E-state index is 12.6. The van der Waals surface area contributed by atoms with E-state index in [1.165, 1.54) is 11.3 Å². The lowest BCUT2D eigenvalue weighted by molar-refractivity contribution is 0.102. The zero-order valence-corrected chi connectivity index (χ0v) is 15.9. The van der Waals surface area contributed by atoms with Gasteiger partial charge in [0.1, 0.15) is 11.5 Å². The molecule has 0 unspecified atom stereocenters. The first-order chi connectivity index (χ1) is 13.7. The molecule has 0 radical (unpaired) electrons. The van der Waals surface area contributed by atoms with E-state index in [2.05, 4.69) is 15.3 Å². The molecule has 0 spiro atoms. The molecule has 2 heterocycles. The predicted octanol–water partition coefficient (Wildman–Crippen LogP) is 5.13. The molecule has 2 aromatic carbocycles. The number of hydrogen-bond donors (Lipinski definition) is 1. The molecule has 2 aromatic heterocycles. The number of aromatic nitrogens is 2. The van der Waals surface area contributed by atoms with Gasteiger partial charge in [0.25, 0.3) is 5.91 Å². The van der Waals surface area contributed by atoms with Gasteiger partial charge in [-0.3, -0.25) is 10.1 Å². The fourth-order valence-corrected chi connectivity index (χ4v) is 3.50. The molecule has 6 nitrogen and oxygen atoms in total. The highest BCUT2D eigenvalue weighted by atomic mass is 32.1. The van der Waals surface area contributed by atoms with Crippen molar-refractivity contribution in [3.8, 4) is 17.4 Å². The summed E-state index contributed by atoms with van der Waals surface area (Å²) >= 11 is 1.40. The number of pyridine rings is 1. The zero-order valence-electron chi connectivity index (χ0n) is 15.1. The van der Waals surface area contributed by atoms with Crippen LogP contribution in [0.5, 0.6) is 17.4 Å². The largest absolute Gasteiger partial charge is 0.494 e. The number of rotatable bonds is 6. The van der Waals surface area contributed by atoms with Crippen molar-refractivity contribution in [2.45, 2.75) is 6.92 Å². The summed E-state index contributed by atoms with van der Waals surface area (Å²) in [5.41, 5.74) is 1.29. The van der Waals surface area contributed by atoms with E-state index in [0.29, 0.717) is 28.9 Å². The molecule has 1 N–H and O–H groups in total. The highest BCUT2D eigenvalue weighted by Crippen LogP contribution is 2.30. The number of nitrogens with one attached hydrogen (secondary N) is 1. The number of carbonyl (C=O) groups is 1. The van der Waals surface area contributed by atoms with Crippen molar-refractivity contribution < 1.29 is 14.3 Å². The summed E-state index contributed by atoms with van der Waals surface area (Å²) in [5.74, 6) is 1.54. The number of nitrogens with zero attached hydrogens (tertiary/aromatic N) is 2. The summed E-state index contributed by atoms with van der Waals surface area (Å²) in [6, 6.07) is 18.0. The van der Waals surface area contributed by atoms with Crippen molar-refractivity contribution in [1.82, 2.24) is 9.97 Å². The molecular formula is C21H17N3O3S. The van der Waals surface area contributed by atoms with Gasteiger partial charge in [-0.2, -0.15) is 0 Å². The SMILES string of the molecule is CCOc1ccc2nc(NC(=O)c3cccc(Oc4ccccn4)c3)sc2c1. The molecule has 0 atom stereocenters. The van der Waals surface area contributed by atoms with E-state index in [1.54, 1.807) is 36.5 Å². The Morgan fingerprint density at radius 3 is 2.82 bits per heavy atom. The molecule has 0 aliphatic rings. The van der Waals surface area contributed by atoms with Crippen molar-refractivity contribution in [3.63, 3.8) is 0 Å². The van der Waals surface area contributed by atoms with Gasteiger partial charge in [0.05, 0.1) is 16.8 Å². The van der Waals surface area contributed by atoms with Crippen LogP contribution in [-0.2, 0) is 0 Å². The van der Waals surface area contributed by atoms with Crippen LogP contribution in [0.1, 0.15) is 17.3 Å². The second-order valence-corrected chi connectivity index (χ2v) is 6.86. The van der Waals surface area contributed by atoms with Crippen LogP contribution in [0, 0.1) is 0 Å². The Morgan fingerprint density at radius 2 is 2.00 bits per heavy atom. The summed E-state index contributed by atoms with van der Waals surface area (Å²) in [6.07, 6.45) is 1.65. The van der Waals surface area contributed by atoms with E-state index in [0.717, 1.165) is 16.0 Å². The highest BCUT2D eigenvalue weighted by molar-refractivity contribution is 7.22. The third-order valence-corrected chi connectivity index (χ3v) is 4.78. The monoisotopic (exact) mass is 391 g/mol. The van der Waals surface area contributed by atoms with Gasteiger partial charge in [0.15, 0.2) is 5.13 Å². The zero-order chi connectivity index (χ0) is 19.3. The number of benzene rings is 2. The van der Waals surface area contributed by atoms with Crippen molar-refractivity contribution in [1.29, 1.82) is 0 Å². The minimum atomic E-state index is -0.254. The Kier molecular flexibility index (Phi) is 5.16. The number of fused-ring (bicyclic) bond motifs is 1. The summed E-state index contributed by atoms with van der Waals surface area (Å²) in [6.45, 7) is 2.54. The van der Waals surface area contributed by atoms with Crippen LogP contribution in [0.3, 0.4) is 0 Å². The molecule has 140 valence electrons. The molecule has 28 heavy (non-hydrogen) atoms. The maximum Gasteiger partial charge on any atom is 0.257 e. The van der Waals surface area contributed by atoms with Gasteiger partial charge >= 0.3 is 0 Å². The van der Waals surface area contributed by atoms with E-state index in [1.807, 2.05) is 37.3 Å². The highest BCUT2D eigenvalue weighted by Gasteiger charge is 2.12. The normalized spacial score (nSPS) is 10.6. The molecule has 7 heteroatoms. The second-order valence-electron chi connectivity index (χ2n) is 5.83. The summed E-state index contributed by atoms with van der Waals surface area (Å²) in [7, 11) is 0. The van der Waals surface area contributed by atoms with Crippen LogP contribution >= 0.6 is 11.3 Å². The molecule has 0 fully saturated rings. The van der Waals surface area contributed by atoms with Crippen molar-refractivity contribution in [2.24, 2.45) is 0 Å². The molecule has 0 saturated heterocycles. The fourth-order valence-electron chi connectivity index (χ4n) is 2.61. The summed E-state index contributed by atoms with van der Waals surface area (Å²) < 4.78 is 12.1. The van der Waals surface area contributed by atoms with Gasteiger partial charge in [0.2, 0.25) is 5.88 Å². The van der Waals surface area contributed by atoms with Crippen LogP contribution in [0.4, 0.5) is 5.13 Å². The predicted molar refractivity (Wildman–Crippen MR) is 109 cm³/mol. The first-order valence-electron chi connectivity index (χ1n) is 8.75. The van der Waals surface area contributed by atoms with Crippen LogP contribution in [0.2, 0.25) is 0 Å². The van der Waals surface area contributed by atoms with Gasteiger partial charge in [-0.25, -0.2) is 9.97 Å². The van der Waals surface area contributed by atoms with Gasteiger partial charge in [-0.15, -0.1) is 0 Å². The minimum absolute atomic E-state index is 0.254. The van der Waals surface area contributed by atoms with E-state index in [9.17, 15) is 4.79 Å². The lowest BCUT2D eigenvalue weighted by Gasteiger charge is -2.06. The number of carbonyl (C=O) groups excluding carboxylic acids is 1. The average molecular weight is 391 g/mol. The van der Waals surface area contributed by atoms with E-state index in [-0.39, 0.29) is 5.91 Å². The van der Waals surface area contributed by atoms with E-state index >= 15 is 0 Å². The van der Waals surface area contributed by atoms with Crippen molar-refractivity contribution in [3.05, 3.63) is 72.4 Å². The van der Waals surface area contributed by atoms with Gasteiger partial charge in [-0.1, -0.05) is 23.5 Å². The average Bonchev–Trinajstić information content (AvgIpc) is 3.11. The first kappa shape index (κ1) is 17.9. The topological polar surface area (TPSA) is 73.3 Å². The second kappa shape index (κ2) is 8.06. The van der Waals surface area contributed by atoms with Gasteiger partial charge in [0, 0.05) is 17.8 Å². The number of amides is 1. The minimum Gasteiger partial charge on any atom is -0.494 e. The Labute approximate surface area is 165 Å². The van der Waals surface area contributed by atoms with Crippen LogP contribution in [0.25, 0.3) is 10.2 Å². The third-order valence-electron chi connectivity index (χ3n) is 3.85. The third kappa shape index (κ3) is 4.10. The summed E-state index contributed by atoms with van der Waals surface area (Å²) in [5, 5.41) is 3.38. The molecule has 4 aromatic rings. The van der Waals surface area contributed by atoms with Crippen LogP contribution in [0.15, 0.2) is 66.9 Å². The van der Waals surface area contributed by atoms with Gasteiger partial charge < -0.3 is 9.47 Å². The Balaban J connectivity index is 1.50. The van der Waals surface area contributed by atoms with Crippen molar-refractivity contribution >= 4 is 32.6 Å². The number of anilines is 1. The van der Waals surface area contributed by atoms with Crippen molar-refractivity contribution in [2.75, 3.05) is 11.9 Å². The number of hydrogen-bond acceptors (Lipinski definition) is 6. The molecule has 0 bridgehead atoms.